The van der Waals surface area contributed by atoms with Gasteiger partial charge in [0, 0.05) is 9.75 Å². The summed E-state index contributed by atoms with van der Waals surface area (Å²) in [5.74, 6) is 0. The van der Waals surface area contributed by atoms with Gasteiger partial charge in [-0.2, -0.15) is 8.42 Å². The average molecular weight is 246 g/mol. The molecule has 74 valence electrons. The van der Waals surface area contributed by atoms with Crippen molar-refractivity contribution >= 4 is 32.8 Å². The van der Waals surface area contributed by atoms with Gasteiger partial charge < -0.3 is 0 Å². The van der Waals surface area contributed by atoms with Crippen molar-refractivity contribution in [1.82, 2.24) is 0 Å². The van der Waals surface area contributed by atoms with E-state index in [4.69, 9.17) is 4.55 Å². The van der Waals surface area contributed by atoms with Gasteiger partial charge in [-0.3, -0.25) is 4.55 Å². The molecule has 6 heteroatoms. The molecule has 0 aliphatic heterocycles. The third-order valence-electron chi connectivity index (χ3n) is 1.60. The molecule has 0 atom stereocenters. The van der Waals surface area contributed by atoms with Crippen molar-refractivity contribution in [2.45, 2.75) is 4.21 Å². The van der Waals surface area contributed by atoms with Crippen LogP contribution in [0.1, 0.15) is 0 Å². The first-order chi connectivity index (χ1) is 6.57. The van der Waals surface area contributed by atoms with E-state index in [0.717, 1.165) is 21.1 Å². The molecule has 0 fully saturated rings. The van der Waals surface area contributed by atoms with Crippen molar-refractivity contribution in [3.63, 3.8) is 0 Å². The summed E-state index contributed by atoms with van der Waals surface area (Å²) in [5.41, 5.74) is 0. The summed E-state index contributed by atoms with van der Waals surface area (Å²) in [6.07, 6.45) is 0. The molecule has 0 radical (unpaired) electrons. The first-order valence-electron chi connectivity index (χ1n) is 3.68. The van der Waals surface area contributed by atoms with Gasteiger partial charge in [-0.1, -0.05) is 6.07 Å². The lowest BCUT2D eigenvalue weighted by molar-refractivity contribution is 0.485. The molecule has 2 aromatic rings. The van der Waals surface area contributed by atoms with Crippen LogP contribution in [0.15, 0.2) is 33.9 Å². The Morgan fingerprint density at radius 3 is 2.43 bits per heavy atom. The molecule has 0 amide bonds. The fraction of sp³-hybridized carbons (Fsp3) is 0. The van der Waals surface area contributed by atoms with Crippen LogP contribution in [0.5, 0.6) is 0 Å². The molecule has 2 aromatic heterocycles. The van der Waals surface area contributed by atoms with Crippen LogP contribution in [0.3, 0.4) is 0 Å². The molecule has 0 aliphatic carbocycles. The largest absolute Gasteiger partial charge is 0.304 e. The van der Waals surface area contributed by atoms with Gasteiger partial charge in [-0.05, 0) is 23.6 Å². The molecule has 2 heterocycles. The third-order valence-corrected chi connectivity index (χ3v) is 5.07. The van der Waals surface area contributed by atoms with Crippen LogP contribution in [0, 0.1) is 0 Å². The van der Waals surface area contributed by atoms with E-state index in [2.05, 4.69) is 0 Å². The number of thiophene rings is 2. The molecular weight excluding hydrogens is 240 g/mol. The van der Waals surface area contributed by atoms with E-state index in [0.29, 0.717) is 0 Å². The maximum atomic E-state index is 10.8. The van der Waals surface area contributed by atoms with Crippen molar-refractivity contribution in [2.75, 3.05) is 0 Å². The van der Waals surface area contributed by atoms with E-state index in [1.165, 1.54) is 17.4 Å². The number of rotatable bonds is 2. The predicted molar refractivity (Wildman–Crippen MR) is 57.4 cm³/mol. The summed E-state index contributed by atoms with van der Waals surface area (Å²) in [6, 6.07) is 6.91. The van der Waals surface area contributed by atoms with Crippen LogP contribution in [0.4, 0.5) is 0 Å². The van der Waals surface area contributed by atoms with Crippen LogP contribution in [0.25, 0.3) is 9.75 Å². The van der Waals surface area contributed by atoms with E-state index < -0.39 is 10.1 Å². The van der Waals surface area contributed by atoms with Crippen molar-refractivity contribution in [3.05, 3.63) is 29.6 Å². The van der Waals surface area contributed by atoms with Crippen LogP contribution >= 0.6 is 22.7 Å². The van der Waals surface area contributed by atoms with Crippen molar-refractivity contribution < 1.29 is 13.0 Å². The molecule has 0 saturated carbocycles. The van der Waals surface area contributed by atoms with Gasteiger partial charge in [0.15, 0.2) is 0 Å². The molecule has 14 heavy (non-hydrogen) atoms. The Bertz CT molecular complexity index is 522. The molecule has 2 rings (SSSR count). The fourth-order valence-electron chi connectivity index (χ4n) is 1.01. The Balaban J connectivity index is 2.46. The molecule has 0 aromatic carbocycles. The molecule has 0 bridgehead atoms. The van der Waals surface area contributed by atoms with Crippen LogP contribution in [-0.4, -0.2) is 13.0 Å². The Labute approximate surface area is 89.4 Å². The Kier molecular flexibility index (Phi) is 2.44. The zero-order valence-electron chi connectivity index (χ0n) is 6.88. The smallest absolute Gasteiger partial charge is 0.281 e. The number of hydrogen-bond acceptors (Lipinski definition) is 4. The van der Waals surface area contributed by atoms with E-state index in [1.807, 2.05) is 17.5 Å². The highest BCUT2D eigenvalue weighted by Crippen LogP contribution is 2.33. The highest BCUT2D eigenvalue weighted by atomic mass is 32.3. The zero-order valence-corrected chi connectivity index (χ0v) is 9.32. The monoisotopic (exact) mass is 246 g/mol. The standard InChI is InChI=1S/C8H6O3S3/c9-14(10,11)8-4-3-7(13-8)6-2-1-5-12-6/h1-5H,(H,9,10,11). The molecule has 1 N–H and O–H groups in total. The topological polar surface area (TPSA) is 54.4 Å². The van der Waals surface area contributed by atoms with Crippen LogP contribution in [0.2, 0.25) is 0 Å². The zero-order chi connectivity index (χ0) is 10.2. The summed E-state index contributed by atoms with van der Waals surface area (Å²) in [7, 11) is -4.05. The summed E-state index contributed by atoms with van der Waals surface area (Å²) in [4.78, 5) is 1.86. The second-order valence-electron chi connectivity index (χ2n) is 2.57. The molecule has 0 spiro atoms. The van der Waals surface area contributed by atoms with E-state index in [-0.39, 0.29) is 4.21 Å². The van der Waals surface area contributed by atoms with Gasteiger partial charge >= 0.3 is 10.1 Å². The average Bonchev–Trinajstić information content (AvgIpc) is 2.73. The highest BCUT2D eigenvalue weighted by molar-refractivity contribution is 7.88. The van der Waals surface area contributed by atoms with Gasteiger partial charge in [0.2, 0.25) is 0 Å². The van der Waals surface area contributed by atoms with Crippen molar-refractivity contribution in [3.8, 4) is 9.75 Å². The van der Waals surface area contributed by atoms with E-state index in [9.17, 15) is 8.42 Å². The number of hydrogen-bond donors (Lipinski definition) is 1. The van der Waals surface area contributed by atoms with Gasteiger partial charge in [0.1, 0.15) is 4.21 Å². The molecule has 0 saturated heterocycles. The maximum Gasteiger partial charge on any atom is 0.304 e. The lowest BCUT2D eigenvalue weighted by atomic mass is 10.4. The Morgan fingerprint density at radius 2 is 1.93 bits per heavy atom. The molecule has 0 aliphatic rings. The SMILES string of the molecule is O=S(=O)(O)c1ccc(-c2cccs2)s1. The quantitative estimate of drug-likeness (QED) is 0.829. The summed E-state index contributed by atoms with van der Waals surface area (Å²) in [5, 5.41) is 1.92. The predicted octanol–water partition coefficient (Wildman–Crippen LogP) is 2.72. The lowest BCUT2D eigenvalue weighted by Crippen LogP contribution is -1.92. The van der Waals surface area contributed by atoms with Gasteiger partial charge in [-0.15, -0.1) is 22.7 Å². The summed E-state index contributed by atoms with van der Waals surface area (Å²) < 4.78 is 30.3. The summed E-state index contributed by atoms with van der Waals surface area (Å²) in [6.45, 7) is 0. The molecule has 3 nitrogen and oxygen atoms in total. The minimum absolute atomic E-state index is 0.0131. The van der Waals surface area contributed by atoms with E-state index >= 15 is 0 Å². The van der Waals surface area contributed by atoms with Gasteiger partial charge in [-0.25, -0.2) is 0 Å². The molecule has 0 unspecified atom stereocenters. The van der Waals surface area contributed by atoms with Gasteiger partial charge in [0.25, 0.3) is 0 Å². The minimum Gasteiger partial charge on any atom is -0.281 e. The fourth-order valence-corrected chi connectivity index (χ4v) is 3.51. The van der Waals surface area contributed by atoms with Crippen molar-refractivity contribution in [1.29, 1.82) is 0 Å². The second kappa shape index (κ2) is 3.47. The maximum absolute atomic E-state index is 10.8. The highest BCUT2D eigenvalue weighted by Gasteiger charge is 2.13. The van der Waals surface area contributed by atoms with Crippen LogP contribution in [-0.2, 0) is 10.1 Å². The van der Waals surface area contributed by atoms with Crippen LogP contribution < -0.4 is 0 Å². The third kappa shape index (κ3) is 1.88. The Hall–Kier alpha value is -0.690. The second-order valence-corrected chi connectivity index (χ2v) is 6.25. The summed E-state index contributed by atoms with van der Waals surface area (Å²) >= 11 is 2.60. The first kappa shape index (κ1) is 9.85. The Morgan fingerprint density at radius 1 is 1.14 bits per heavy atom. The van der Waals surface area contributed by atoms with E-state index in [1.54, 1.807) is 6.07 Å². The normalized spacial score (nSPS) is 11.8. The minimum atomic E-state index is -4.05. The first-order valence-corrected chi connectivity index (χ1v) is 6.82. The van der Waals surface area contributed by atoms with Crippen molar-refractivity contribution in [2.24, 2.45) is 0 Å². The molecular formula is C8H6O3S3. The van der Waals surface area contributed by atoms with Gasteiger partial charge in [0.05, 0.1) is 0 Å². The lowest BCUT2D eigenvalue weighted by Gasteiger charge is -1.89.